The van der Waals surface area contributed by atoms with Crippen LogP contribution >= 0.6 is 0 Å². The number of hydrogen-bond donors (Lipinski definition) is 2. The Labute approximate surface area is 110 Å². The van der Waals surface area contributed by atoms with Crippen molar-refractivity contribution in [2.24, 2.45) is 5.41 Å². The van der Waals surface area contributed by atoms with Gasteiger partial charge >= 0.3 is 0 Å². The van der Waals surface area contributed by atoms with Crippen LogP contribution in [0.4, 0.5) is 0 Å². The van der Waals surface area contributed by atoms with Gasteiger partial charge in [-0.1, -0.05) is 38.5 Å². The van der Waals surface area contributed by atoms with Gasteiger partial charge in [0.2, 0.25) is 0 Å². The molecule has 2 rings (SSSR count). The molecule has 2 N–H and O–H groups in total. The molecular weight excluding hydrogens is 222 g/mol. The number of phenolic OH excluding ortho intramolecular Hbond substituents is 1. The van der Waals surface area contributed by atoms with Crippen molar-refractivity contribution >= 4 is 0 Å². The number of nitrogens with one attached hydrogen (secondary N) is 1. The van der Waals surface area contributed by atoms with Crippen LogP contribution in [0, 0.1) is 5.41 Å². The molecule has 1 aromatic rings. The molecule has 1 unspecified atom stereocenters. The smallest absolute Gasteiger partial charge is 0.120 e. The van der Waals surface area contributed by atoms with Crippen LogP contribution in [0.15, 0.2) is 24.3 Å². The molecule has 0 bridgehead atoms. The van der Waals surface area contributed by atoms with Crippen molar-refractivity contribution in [2.45, 2.75) is 52.0 Å². The van der Waals surface area contributed by atoms with Gasteiger partial charge < -0.3 is 10.4 Å². The quantitative estimate of drug-likeness (QED) is 0.763. The highest BCUT2D eigenvalue weighted by molar-refractivity contribution is 5.34. The molecule has 1 aliphatic carbocycles. The second kappa shape index (κ2) is 5.75. The van der Waals surface area contributed by atoms with Gasteiger partial charge in [-0.15, -0.1) is 0 Å². The largest absolute Gasteiger partial charge is 0.508 e. The van der Waals surface area contributed by atoms with Gasteiger partial charge in [-0.25, -0.2) is 0 Å². The Hall–Kier alpha value is -1.02. The van der Waals surface area contributed by atoms with Crippen LogP contribution in [0.5, 0.6) is 5.75 Å². The summed E-state index contributed by atoms with van der Waals surface area (Å²) in [6, 6.07) is 7.96. The minimum absolute atomic E-state index is 0.278. The predicted octanol–water partition coefficient (Wildman–Crippen LogP) is 4.01. The van der Waals surface area contributed by atoms with Gasteiger partial charge in [-0.2, -0.15) is 0 Å². The zero-order valence-electron chi connectivity index (χ0n) is 11.6. The van der Waals surface area contributed by atoms with Crippen LogP contribution in [0.25, 0.3) is 0 Å². The molecule has 2 nitrogen and oxygen atoms in total. The summed E-state index contributed by atoms with van der Waals surface area (Å²) in [6.07, 6.45) is 6.35. The summed E-state index contributed by atoms with van der Waals surface area (Å²) >= 11 is 0. The van der Waals surface area contributed by atoms with E-state index in [1.54, 1.807) is 6.07 Å². The third-order valence-corrected chi connectivity index (χ3v) is 4.18. The summed E-state index contributed by atoms with van der Waals surface area (Å²) in [6.45, 7) is 5.53. The van der Waals surface area contributed by atoms with Gasteiger partial charge in [0.15, 0.2) is 0 Å². The van der Waals surface area contributed by atoms with E-state index in [9.17, 15) is 5.11 Å². The summed E-state index contributed by atoms with van der Waals surface area (Å²) in [5, 5.41) is 13.6. The summed E-state index contributed by atoms with van der Waals surface area (Å²) in [4.78, 5) is 0. The van der Waals surface area contributed by atoms with E-state index in [0.29, 0.717) is 11.2 Å². The third kappa shape index (κ3) is 3.05. The molecule has 0 amide bonds. The number of para-hydroxylation sites is 1. The number of aromatic hydroxyl groups is 1. The molecular formula is C16H25NO. The van der Waals surface area contributed by atoms with E-state index < -0.39 is 0 Å². The van der Waals surface area contributed by atoms with Crippen molar-refractivity contribution in [2.75, 3.05) is 6.54 Å². The van der Waals surface area contributed by atoms with E-state index in [0.717, 1.165) is 18.5 Å². The number of phenols is 1. The molecule has 100 valence electrons. The number of rotatable bonds is 7. The lowest BCUT2D eigenvalue weighted by Crippen LogP contribution is -2.28. The van der Waals surface area contributed by atoms with E-state index in [1.807, 2.05) is 18.2 Å². The fraction of sp³-hybridized carbons (Fsp3) is 0.625. The summed E-state index contributed by atoms with van der Waals surface area (Å²) in [7, 11) is 0. The summed E-state index contributed by atoms with van der Waals surface area (Å²) < 4.78 is 0. The maximum atomic E-state index is 9.92. The van der Waals surface area contributed by atoms with Gasteiger partial charge in [-0.3, -0.25) is 0 Å². The van der Waals surface area contributed by atoms with E-state index in [2.05, 4.69) is 19.2 Å². The van der Waals surface area contributed by atoms with Gasteiger partial charge in [0.25, 0.3) is 0 Å². The average molecular weight is 247 g/mol. The Bertz CT molecular complexity index is 384. The van der Waals surface area contributed by atoms with Gasteiger partial charge in [0.1, 0.15) is 5.75 Å². The first-order valence-corrected chi connectivity index (χ1v) is 7.22. The molecule has 1 fully saturated rings. The SMILES string of the molecule is CCCC1(CNC(CC)c2ccccc2O)CC1. The Morgan fingerprint density at radius 3 is 2.56 bits per heavy atom. The highest BCUT2D eigenvalue weighted by atomic mass is 16.3. The first kappa shape index (κ1) is 13.4. The van der Waals surface area contributed by atoms with Crippen molar-refractivity contribution in [3.63, 3.8) is 0 Å². The monoisotopic (exact) mass is 247 g/mol. The van der Waals surface area contributed by atoms with Gasteiger partial charge in [0.05, 0.1) is 0 Å². The first-order chi connectivity index (χ1) is 8.71. The fourth-order valence-corrected chi connectivity index (χ4v) is 2.82. The molecule has 2 heteroatoms. The lowest BCUT2D eigenvalue weighted by molar-refractivity contribution is 0.375. The summed E-state index contributed by atoms with van der Waals surface area (Å²) in [5.41, 5.74) is 1.60. The van der Waals surface area contributed by atoms with Gasteiger partial charge in [-0.05, 0) is 37.2 Å². The molecule has 1 aromatic carbocycles. The third-order valence-electron chi connectivity index (χ3n) is 4.18. The van der Waals surface area contributed by atoms with Crippen LogP contribution in [0.3, 0.4) is 0 Å². The molecule has 0 spiro atoms. The maximum absolute atomic E-state index is 9.92. The Morgan fingerprint density at radius 2 is 2.00 bits per heavy atom. The maximum Gasteiger partial charge on any atom is 0.120 e. The normalized spacial score (nSPS) is 18.6. The number of hydrogen-bond acceptors (Lipinski definition) is 2. The molecule has 0 heterocycles. The molecule has 0 saturated heterocycles. The molecule has 0 aliphatic heterocycles. The lowest BCUT2D eigenvalue weighted by atomic mass is 9.98. The lowest BCUT2D eigenvalue weighted by Gasteiger charge is -2.22. The Morgan fingerprint density at radius 1 is 1.28 bits per heavy atom. The second-order valence-electron chi connectivity index (χ2n) is 5.65. The molecule has 0 radical (unpaired) electrons. The van der Waals surface area contributed by atoms with Crippen LogP contribution in [0.1, 0.15) is 57.6 Å². The Balaban J connectivity index is 1.96. The highest BCUT2D eigenvalue weighted by Gasteiger charge is 2.41. The highest BCUT2D eigenvalue weighted by Crippen LogP contribution is 2.49. The predicted molar refractivity (Wildman–Crippen MR) is 75.7 cm³/mol. The van der Waals surface area contributed by atoms with Crippen molar-refractivity contribution < 1.29 is 5.11 Å². The molecule has 1 aliphatic rings. The average Bonchev–Trinajstić information content (AvgIpc) is 3.13. The van der Waals surface area contributed by atoms with Crippen LogP contribution in [-0.2, 0) is 0 Å². The molecule has 1 atom stereocenters. The van der Waals surface area contributed by atoms with Gasteiger partial charge in [0, 0.05) is 18.2 Å². The van der Waals surface area contributed by atoms with E-state index in [-0.39, 0.29) is 6.04 Å². The van der Waals surface area contributed by atoms with Crippen molar-refractivity contribution in [3.05, 3.63) is 29.8 Å². The second-order valence-corrected chi connectivity index (χ2v) is 5.65. The van der Waals surface area contributed by atoms with Crippen molar-refractivity contribution in [3.8, 4) is 5.75 Å². The molecule has 1 saturated carbocycles. The molecule has 18 heavy (non-hydrogen) atoms. The first-order valence-electron chi connectivity index (χ1n) is 7.22. The van der Waals surface area contributed by atoms with Crippen molar-refractivity contribution in [1.29, 1.82) is 0 Å². The van der Waals surface area contributed by atoms with E-state index in [1.165, 1.54) is 25.7 Å². The standard InChI is InChI=1S/C16H25NO/c1-3-9-16(10-11-16)12-17-14(4-2)13-7-5-6-8-15(13)18/h5-8,14,17-18H,3-4,9-12H2,1-2H3. The van der Waals surface area contributed by atoms with Crippen LogP contribution in [0.2, 0.25) is 0 Å². The van der Waals surface area contributed by atoms with Crippen molar-refractivity contribution in [1.82, 2.24) is 5.32 Å². The van der Waals surface area contributed by atoms with E-state index >= 15 is 0 Å². The topological polar surface area (TPSA) is 32.3 Å². The number of benzene rings is 1. The zero-order chi connectivity index (χ0) is 13.0. The minimum atomic E-state index is 0.278. The Kier molecular flexibility index (Phi) is 4.28. The molecule has 0 aromatic heterocycles. The van der Waals surface area contributed by atoms with Crippen LogP contribution < -0.4 is 5.32 Å². The summed E-state index contributed by atoms with van der Waals surface area (Å²) in [5.74, 6) is 0.414. The zero-order valence-corrected chi connectivity index (χ0v) is 11.6. The fourth-order valence-electron chi connectivity index (χ4n) is 2.82. The van der Waals surface area contributed by atoms with E-state index in [4.69, 9.17) is 0 Å². The minimum Gasteiger partial charge on any atom is -0.508 e. The van der Waals surface area contributed by atoms with Crippen LogP contribution in [-0.4, -0.2) is 11.7 Å².